The molecule has 2 heterocycles. The first-order valence-electron chi connectivity index (χ1n) is 8.82. The second-order valence-corrected chi connectivity index (χ2v) is 7.14. The molecule has 1 aromatic carbocycles. The molecule has 1 unspecified atom stereocenters. The van der Waals surface area contributed by atoms with Crippen LogP contribution in [0.15, 0.2) is 30.5 Å². The van der Waals surface area contributed by atoms with Crippen LogP contribution < -0.4 is 10.6 Å². The van der Waals surface area contributed by atoms with Crippen molar-refractivity contribution in [3.05, 3.63) is 30.5 Å². The lowest BCUT2D eigenvalue weighted by atomic mass is 9.92. The molecule has 2 aromatic rings. The lowest BCUT2D eigenvalue weighted by Gasteiger charge is -2.23. The minimum absolute atomic E-state index is 0. The van der Waals surface area contributed by atoms with Gasteiger partial charge in [-0.1, -0.05) is 6.92 Å². The minimum Gasteiger partial charge on any atom is -0.347 e. The molecular weight excluding hydrogens is 357 g/mol. The van der Waals surface area contributed by atoms with E-state index >= 15 is 0 Å². The van der Waals surface area contributed by atoms with Crippen molar-refractivity contribution in [3.8, 4) is 0 Å². The number of fused-ring (bicyclic) bond motifs is 1. The van der Waals surface area contributed by atoms with E-state index in [9.17, 15) is 4.79 Å². The Morgan fingerprint density at radius 3 is 2.76 bits per heavy atom. The Bertz CT molecular complexity index is 737. The number of carbonyl (C=O) groups is 1. The summed E-state index contributed by atoms with van der Waals surface area (Å²) in [6, 6.07) is 8.38. The van der Waals surface area contributed by atoms with Crippen molar-refractivity contribution in [2.24, 2.45) is 11.3 Å². The number of hydrogen-bond acceptors (Lipinski definition) is 2. The molecule has 1 amide bonds. The topological polar surface area (TPSA) is 46.1 Å². The highest BCUT2D eigenvalue weighted by Gasteiger charge is 2.57. The third-order valence-corrected chi connectivity index (χ3v) is 5.61. The fourth-order valence-corrected chi connectivity index (χ4v) is 4.14. The molecule has 1 aliphatic carbocycles. The summed E-state index contributed by atoms with van der Waals surface area (Å²) < 4.78 is 2.27. The highest BCUT2D eigenvalue weighted by molar-refractivity contribution is 5.97. The van der Waals surface area contributed by atoms with E-state index in [1.807, 2.05) is 6.07 Å². The Balaban J connectivity index is 0.00000113. The van der Waals surface area contributed by atoms with E-state index in [2.05, 4.69) is 46.5 Å². The number of carbonyl (C=O) groups excluding carboxylic acids is 1. The first kappa shape index (κ1) is 20.1. The second-order valence-electron chi connectivity index (χ2n) is 7.14. The standard InChI is InChI=1S/C19H25N3O.2ClH/c1-2-10-22-11-5-14-12-15(3-4-17(14)22)21-18(23)16-13-19(16)6-8-20-9-7-19;;/h3-5,11-12,16,20H,2,6-10,13H2,1H3,(H,21,23);2*1H. The van der Waals surface area contributed by atoms with E-state index in [4.69, 9.17) is 0 Å². The Hall–Kier alpha value is -1.23. The van der Waals surface area contributed by atoms with E-state index in [-0.39, 0.29) is 36.6 Å². The molecule has 0 bridgehead atoms. The molecule has 1 aromatic heterocycles. The van der Waals surface area contributed by atoms with Gasteiger partial charge in [0, 0.05) is 35.2 Å². The van der Waals surface area contributed by atoms with Crippen LogP contribution in [0.4, 0.5) is 5.69 Å². The zero-order valence-corrected chi connectivity index (χ0v) is 16.2. The average Bonchev–Trinajstić information content (AvgIpc) is 3.10. The molecule has 138 valence electrons. The molecule has 1 aliphatic heterocycles. The van der Waals surface area contributed by atoms with Gasteiger partial charge in [-0.25, -0.2) is 0 Å². The van der Waals surface area contributed by atoms with Gasteiger partial charge < -0.3 is 15.2 Å². The Morgan fingerprint density at radius 1 is 1.28 bits per heavy atom. The van der Waals surface area contributed by atoms with Crippen molar-refractivity contribution in [2.75, 3.05) is 18.4 Å². The lowest BCUT2D eigenvalue weighted by molar-refractivity contribution is -0.118. The maximum Gasteiger partial charge on any atom is 0.228 e. The average molecular weight is 384 g/mol. The number of nitrogens with one attached hydrogen (secondary N) is 2. The Morgan fingerprint density at radius 2 is 2.04 bits per heavy atom. The SMILES string of the molecule is CCCn1ccc2cc(NC(=O)C3CC34CCNCC4)ccc21.Cl.Cl. The van der Waals surface area contributed by atoms with Gasteiger partial charge in [0.15, 0.2) is 0 Å². The maximum absolute atomic E-state index is 12.6. The number of aryl methyl sites for hydroxylation is 1. The third kappa shape index (κ3) is 3.81. The van der Waals surface area contributed by atoms with Crippen molar-refractivity contribution in [3.63, 3.8) is 0 Å². The molecule has 1 saturated carbocycles. The van der Waals surface area contributed by atoms with Crippen molar-refractivity contribution in [2.45, 2.75) is 39.2 Å². The van der Waals surface area contributed by atoms with Crippen LogP contribution in [-0.2, 0) is 11.3 Å². The molecule has 2 N–H and O–H groups in total. The van der Waals surface area contributed by atoms with Crippen LogP contribution in [-0.4, -0.2) is 23.6 Å². The number of rotatable bonds is 4. The summed E-state index contributed by atoms with van der Waals surface area (Å²) in [5.74, 6) is 0.421. The fourth-order valence-electron chi connectivity index (χ4n) is 4.14. The van der Waals surface area contributed by atoms with Crippen LogP contribution >= 0.6 is 24.8 Å². The predicted octanol–water partition coefficient (Wildman–Crippen LogP) is 4.22. The Labute approximate surface area is 161 Å². The monoisotopic (exact) mass is 383 g/mol. The fraction of sp³-hybridized carbons (Fsp3) is 0.526. The van der Waals surface area contributed by atoms with Gasteiger partial charge in [0.25, 0.3) is 0 Å². The molecule has 25 heavy (non-hydrogen) atoms. The molecule has 6 heteroatoms. The zero-order chi connectivity index (χ0) is 15.9. The van der Waals surface area contributed by atoms with Crippen molar-refractivity contribution in [1.29, 1.82) is 0 Å². The number of amides is 1. The van der Waals surface area contributed by atoms with Gasteiger partial charge in [0.2, 0.25) is 5.91 Å². The number of piperidine rings is 1. The molecular formula is C19H27Cl2N3O. The van der Waals surface area contributed by atoms with Gasteiger partial charge >= 0.3 is 0 Å². The smallest absolute Gasteiger partial charge is 0.228 e. The maximum atomic E-state index is 12.6. The molecule has 1 spiro atoms. The first-order valence-corrected chi connectivity index (χ1v) is 8.82. The molecule has 2 aliphatic rings. The van der Waals surface area contributed by atoms with E-state index in [1.54, 1.807) is 0 Å². The van der Waals surface area contributed by atoms with Crippen LogP contribution in [0.1, 0.15) is 32.6 Å². The Kier molecular flexibility index (Phi) is 6.41. The van der Waals surface area contributed by atoms with Crippen LogP contribution in [0.3, 0.4) is 0 Å². The normalized spacial score (nSPS) is 20.6. The summed E-state index contributed by atoms with van der Waals surface area (Å²) in [7, 11) is 0. The number of hydrogen-bond donors (Lipinski definition) is 2. The highest BCUT2D eigenvalue weighted by atomic mass is 35.5. The van der Waals surface area contributed by atoms with Crippen LogP contribution in [0.5, 0.6) is 0 Å². The highest BCUT2D eigenvalue weighted by Crippen LogP contribution is 2.58. The number of halogens is 2. The zero-order valence-electron chi connectivity index (χ0n) is 14.6. The number of nitrogens with zero attached hydrogens (tertiary/aromatic N) is 1. The van der Waals surface area contributed by atoms with Crippen LogP contribution in [0.2, 0.25) is 0 Å². The van der Waals surface area contributed by atoms with E-state index < -0.39 is 0 Å². The summed E-state index contributed by atoms with van der Waals surface area (Å²) >= 11 is 0. The summed E-state index contributed by atoms with van der Waals surface area (Å²) in [6.45, 7) is 5.34. The van der Waals surface area contributed by atoms with Crippen LogP contribution in [0.25, 0.3) is 10.9 Å². The van der Waals surface area contributed by atoms with E-state index in [0.29, 0.717) is 5.41 Å². The van der Waals surface area contributed by atoms with Crippen molar-refractivity contribution < 1.29 is 4.79 Å². The predicted molar refractivity (Wildman–Crippen MR) is 108 cm³/mol. The number of aromatic nitrogens is 1. The van der Waals surface area contributed by atoms with Gasteiger partial charge in [-0.05, 0) is 68.5 Å². The van der Waals surface area contributed by atoms with E-state index in [1.165, 1.54) is 10.9 Å². The molecule has 0 radical (unpaired) electrons. The van der Waals surface area contributed by atoms with Gasteiger partial charge in [0.1, 0.15) is 0 Å². The van der Waals surface area contributed by atoms with Gasteiger partial charge in [-0.3, -0.25) is 4.79 Å². The summed E-state index contributed by atoms with van der Waals surface area (Å²) in [6.07, 6.45) is 6.61. The summed E-state index contributed by atoms with van der Waals surface area (Å²) in [4.78, 5) is 12.6. The number of benzene rings is 1. The molecule has 4 rings (SSSR count). The van der Waals surface area contributed by atoms with Gasteiger partial charge in [-0.15, -0.1) is 24.8 Å². The van der Waals surface area contributed by atoms with Crippen LogP contribution in [0, 0.1) is 11.3 Å². The third-order valence-electron chi connectivity index (χ3n) is 5.61. The molecule has 1 saturated heterocycles. The van der Waals surface area contributed by atoms with Crippen molar-refractivity contribution >= 4 is 47.3 Å². The quantitative estimate of drug-likeness (QED) is 0.829. The summed E-state index contributed by atoms with van der Waals surface area (Å²) in [5.41, 5.74) is 2.46. The number of anilines is 1. The molecule has 1 atom stereocenters. The summed E-state index contributed by atoms with van der Waals surface area (Å²) in [5, 5.41) is 7.73. The molecule has 4 nitrogen and oxygen atoms in total. The molecule has 2 fully saturated rings. The van der Waals surface area contributed by atoms with Gasteiger partial charge in [-0.2, -0.15) is 0 Å². The largest absolute Gasteiger partial charge is 0.347 e. The van der Waals surface area contributed by atoms with Gasteiger partial charge in [0.05, 0.1) is 0 Å². The van der Waals surface area contributed by atoms with E-state index in [0.717, 1.165) is 51.0 Å². The second kappa shape index (κ2) is 7.98. The lowest BCUT2D eigenvalue weighted by Crippen LogP contribution is -2.31. The van der Waals surface area contributed by atoms with Crippen molar-refractivity contribution in [1.82, 2.24) is 9.88 Å². The first-order chi connectivity index (χ1) is 11.2. The minimum atomic E-state index is 0.